The molecule has 2 unspecified atom stereocenters. The van der Waals surface area contributed by atoms with Crippen LogP contribution in [0.15, 0.2) is 18.2 Å². The Balaban J connectivity index is 1.67. The SMILES string of the molecule is O=S1C2CCCC1CC(O)(c1ccc3c(c1)OCCO3)C2. The summed E-state index contributed by atoms with van der Waals surface area (Å²) in [6, 6.07) is 5.71. The molecule has 4 rings (SSSR count). The van der Waals surface area contributed by atoms with E-state index in [-0.39, 0.29) is 10.5 Å². The Morgan fingerprint density at radius 3 is 2.48 bits per heavy atom. The summed E-state index contributed by atoms with van der Waals surface area (Å²) < 4.78 is 23.5. The van der Waals surface area contributed by atoms with Crippen LogP contribution in [-0.4, -0.2) is 33.0 Å². The van der Waals surface area contributed by atoms with Crippen molar-refractivity contribution in [1.29, 1.82) is 0 Å². The molecule has 0 amide bonds. The van der Waals surface area contributed by atoms with Gasteiger partial charge >= 0.3 is 0 Å². The van der Waals surface area contributed by atoms with Crippen molar-refractivity contribution in [3.05, 3.63) is 23.8 Å². The predicted octanol–water partition coefficient (Wildman–Crippen LogP) is 2.11. The van der Waals surface area contributed by atoms with E-state index < -0.39 is 16.4 Å². The minimum absolute atomic E-state index is 0.135. The van der Waals surface area contributed by atoms with Gasteiger partial charge in [-0.25, -0.2) is 0 Å². The van der Waals surface area contributed by atoms with Crippen LogP contribution in [0.2, 0.25) is 0 Å². The van der Waals surface area contributed by atoms with Crippen molar-refractivity contribution >= 4 is 10.8 Å². The zero-order valence-electron chi connectivity index (χ0n) is 11.9. The van der Waals surface area contributed by atoms with Crippen LogP contribution < -0.4 is 9.47 Å². The monoisotopic (exact) mass is 308 g/mol. The summed E-state index contributed by atoms with van der Waals surface area (Å²) >= 11 is 0. The molecule has 2 saturated heterocycles. The fourth-order valence-corrected chi connectivity index (χ4v) is 6.07. The van der Waals surface area contributed by atoms with Gasteiger partial charge in [0.2, 0.25) is 0 Å². The minimum atomic E-state index is -0.875. The van der Waals surface area contributed by atoms with Gasteiger partial charge in [-0.1, -0.05) is 12.5 Å². The highest BCUT2D eigenvalue weighted by Crippen LogP contribution is 2.46. The van der Waals surface area contributed by atoms with Gasteiger partial charge in [0, 0.05) is 21.3 Å². The minimum Gasteiger partial charge on any atom is -0.486 e. The molecule has 2 atom stereocenters. The molecule has 1 N–H and O–H groups in total. The number of benzene rings is 1. The predicted molar refractivity (Wildman–Crippen MR) is 80.1 cm³/mol. The highest BCUT2D eigenvalue weighted by Gasteiger charge is 2.46. The molecule has 2 fully saturated rings. The Kier molecular flexibility index (Phi) is 3.23. The summed E-state index contributed by atoms with van der Waals surface area (Å²) in [7, 11) is -0.774. The van der Waals surface area contributed by atoms with E-state index in [1.54, 1.807) is 0 Å². The highest BCUT2D eigenvalue weighted by atomic mass is 32.2. The molecule has 2 bridgehead atoms. The van der Waals surface area contributed by atoms with Crippen molar-refractivity contribution in [2.45, 2.75) is 48.2 Å². The van der Waals surface area contributed by atoms with Gasteiger partial charge in [-0.2, -0.15) is 0 Å². The molecule has 114 valence electrons. The maximum atomic E-state index is 12.3. The molecule has 1 aromatic carbocycles. The zero-order chi connectivity index (χ0) is 14.4. The summed E-state index contributed by atoms with van der Waals surface area (Å²) in [6.07, 6.45) is 4.26. The van der Waals surface area contributed by atoms with Crippen molar-refractivity contribution in [3.63, 3.8) is 0 Å². The van der Waals surface area contributed by atoms with Crippen LogP contribution >= 0.6 is 0 Å². The van der Waals surface area contributed by atoms with Crippen LogP contribution in [0.5, 0.6) is 11.5 Å². The molecule has 0 saturated carbocycles. The van der Waals surface area contributed by atoms with E-state index in [1.807, 2.05) is 18.2 Å². The van der Waals surface area contributed by atoms with Gasteiger partial charge in [-0.3, -0.25) is 4.21 Å². The van der Waals surface area contributed by atoms with Crippen molar-refractivity contribution in [3.8, 4) is 11.5 Å². The van der Waals surface area contributed by atoms with Gasteiger partial charge in [0.1, 0.15) is 13.2 Å². The van der Waals surface area contributed by atoms with Gasteiger partial charge in [-0.05, 0) is 43.4 Å². The van der Waals surface area contributed by atoms with E-state index in [1.165, 1.54) is 0 Å². The summed E-state index contributed by atoms with van der Waals surface area (Å²) in [5.74, 6) is 1.46. The Labute approximate surface area is 126 Å². The molecular formula is C16H20O4S. The second-order valence-corrected chi connectivity index (χ2v) is 8.29. The first-order chi connectivity index (χ1) is 10.2. The largest absolute Gasteiger partial charge is 0.486 e. The van der Waals surface area contributed by atoms with E-state index in [4.69, 9.17) is 9.47 Å². The van der Waals surface area contributed by atoms with Crippen molar-refractivity contribution < 1.29 is 18.8 Å². The summed E-state index contributed by atoms with van der Waals surface area (Å²) in [5.41, 5.74) is -0.000171. The number of hydrogen-bond acceptors (Lipinski definition) is 4. The van der Waals surface area contributed by atoms with E-state index in [0.29, 0.717) is 31.8 Å². The molecule has 0 aliphatic carbocycles. The maximum absolute atomic E-state index is 12.3. The Bertz CT molecular complexity index is 570. The molecule has 5 heteroatoms. The standard InChI is InChI=1S/C16H20O4S/c17-16(9-12-2-1-3-13(10-16)21(12)18)11-4-5-14-15(8-11)20-7-6-19-14/h4-5,8,12-13,17H,1-3,6-7,9-10H2. The fourth-order valence-electron chi connectivity index (χ4n) is 3.85. The highest BCUT2D eigenvalue weighted by molar-refractivity contribution is 7.86. The van der Waals surface area contributed by atoms with Crippen LogP contribution in [0.3, 0.4) is 0 Å². The lowest BCUT2D eigenvalue weighted by atomic mass is 9.80. The zero-order valence-corrected chi connectivity index (χ0v) is 12.7. The van der Waals surface area contributed by atoms with Crippen LogP contribution in [0, 0.1) is 0 Å². The number of fused-ring (bicyclic) bond motifs is 3. The Morgan fingerprint density at radius 2 is 1.76 bits per heavy atom. The van der Waals surface area contributed by atoms with Crippen molar-refractivity contribution in [2.75, 3.05) is 13.2 Å². The van der Waals surface area contributed by atoms with Gasteiger partial charge in [0.05, 0.1) is 5.60 Å². The molecule has 0 spiro atoms. The molecular weight excluding hydrogens is 288 g/mol. The van der Waals surface area contributed by atoms with Crippen molar-refractivity contribution in [1.82, 2.24) is 0 Å². The summed E-state index contributed by atoms with van der Waals surface area (Å²) in [4.78, 5) is 0. The van der Waals surface area contributed by atoms with Crippen LogP contribution in [0.1, 0.15) is 37.7 Å². The van der Waals surface area contributed by atoms with E-state index in [0.717, 1.165) is 30.6 Å². The van der Waals surface area contributed by atoms with Gasteiger partial charge in [-0.15, -0.1) is 0 Å². The lowest BCUT2D eigenvalue weighted by Crippen LogP contribution is -2.47. The molecule has 21 heavy (non-hydrogen) atoms. The third kappa shape index (κ3) is 2.27. The second-order valence-electron chi connectivity index (χ2n) is 6.30. The third-order valence-electron chi connectivity index (χ3n) is 4.92. The van der Waals surface area contributed by atoms with Crippen LogP contribution in [0.4, 0.5) is 0 Å². The molecule has 0 radical (unpaired) electrons. The molecule has 3 aliphatic heterocycles. The number of aliphatic hydroxyl groups is 1. The lowest BCUT2D eigenvalue weighted by Gasteiger charge is -2.44. The second kappa shape index (κ2) is 4.99. The average molecular weight is 308 g/mol. The number of hydrogen-bond donors (Lipinski definition) is 1. The topological polar surface area (TPSA) is 55.8 Å². The number of ether oxygens (including phenoxy) is 2. The number of rotatable bonds is 1. The normalized spacial score (nSPS) is 38.0. The van der Waals surface area contributed by atoms with Gasteiger partial charge < -0.3 is 14.6 Å². The first-order valence-corrected chi connectivity index (χ1v) is 8.95. The van der Waals surface area contributed by atoms with Gasteiger partial charge in [0.15, 0.2) is 11.5 Å². The molecule has 3 heterocycles. The van der Waals surface area contributed by atoms with Gasteiger partial charge in [0.25, 0.3) is 0 Å². The maximum Gasteiger partial charge on any atom is 0.161 e. The van der Waals surface area contributed by atoms with Crippen LogP contribution in [-0.2, 0) is 16.4 Å². The van der Waals surface area contributed by atoms with Crippen LogP contribution in [0.25, 0.3) is 0 Å². The lowest BCUT2D eigenvalue weighted by molar-refractivity contribution is 0.00611. The molecule has 4 nitrogen and oxygen atoms in total. The fraction of sp³-hybridized carbons (Fsp3) is 0.625. The quantitative estimate of drug-likeness (QED) is 0.863. The molecule has 1 aromatic rings. The smallest absolute Gasteiger partial charge is 0.161 e. The van der Waals surface area contributed by atoms with Crippen molar-refractivity contribution in [2.24, 2.45) is 0 Å². The van der Waals surface area contributed by atoms with E-state index >= 15 is 0 Å². The molecule has 0 aromatic heterocycles. The molecule has 3 aliphatic rings. The first-order valence-electron chi connectivity index (χ1n) is 7.68. The van der Waals surface area contributed by atoms with E-state index in [2.05, 4.69) is 0 Å². The Hall–Kier alpha value is -1.07. The summed E-state index contributed by atoms with van der Waals surface area (Å²) in [5, 5.41) is 11.4. The summed E-state index contributed by atoms with van der Waals surface area (Å²) in [6.45, 7) is 1.11. The Morgan fingerprint density at radius 1 is 1.10 bits per heavy atom. The van der Waals surface area contributed by atoms with E-state index in [9.17, 15) is 9.32 Å². The average Bonchev–Trinajstić information content (AvgIpc) is 2.49. The first kappa shape index (κ1) is 13.6. The third-order valence-corrected chi connectivity index (χ3v) is 7.04.